The Morgan fingerprint density at radius 2 is 1.81 bits per heavy atom. The number of carbonyl (C=O) groups excluding carboxylic acids is 1. The summed E-state index contributed by atoms with van der Waals surface area (Å²) in [5.74, 6) is 0.492. The van der Waals surface area contributed by atoms with Crippen LogP contribution in [0.15, 0.2) is 78.9 Å². The lowest BCUT2D eigenvalue weighted by Gasteiger charge is -2.12. The minimum atomic E-state index is -0.230. The fourth-order valence-electron chi connectivity index (χ4n) is 4.36. The van der Waals surface area contributed by atoms with Gasteiger partial charge in [0.2, 0.25) is 0 Å². The van der Waals surface area contributed by atoms with E-state index in [4.69, 9.17) is 15.0 Å². The number of pyridine rings is 1. The highest BCUT2D eigenvalue weighted by molar-refractivity contribution is 6.13. The van der Waals surface area contributed by atoms with E-state index in [1.807, 2.05) is 85.3 Å². The summed E-state index contributed by atoms with van der Waals surface area (Å²) in [5.41, 5.74) is 6.71. The maximum absolute atomic E-state index is 13.6. The highest BCUT2D eigenvalue weighted by atomic mass is 16.5. The summed E-state index contributed by atoms with van der Waals surface area (Å²) in [5, 5.41) is 17.6. The zero-order valence-corrected chi connectivity index (χ0v) is 20.8. The van der Waals surface area contributed by atoms with Crippen molar-refractivity contribution in [3.05, 3.63) is 107 Å². The lowest BCUT2D eigenvalue weighted by molar-refractivity contribution is 0.102. The van der Waals surface area contributed by atoms with Crippen molar-refractivity contribution >= 4 is 22.5 Å². The van der Waals surface area contributed by atoms with E-state index in [-0.39, 0.29) is 5.91 Å². The maximum Gasteiger partial charge on any atom is 0.256 e. The first-order valence-corrected chi connectivity index (χ1v) is 11.9. The summed E-state index contributed by atoms with van der Waals surface area (Å²) in [6.07, 6.45) is 0. The number of hydrogen-bond donors (Lipinski definition) is 1. The molecule has 0 bridgehead atoms. The molecule has 7 nitrogen and oxygen atoms in total. The fraction of sp³-hybridized carbons (Fsp3) is 0.133. The van der Waals surface area contributed by atoms with Crippen LogP contribution in [0.5, 0.6) is 5.75 Å². The van der Waals surface area contributed by atoms with Gasteiger partial charge in [-0.25, -0.2) is 4.98 Å². The SMILES string of the molecule is COc1cccc(-c2cc(C(=O)Nc3c(C)nn(Cc4ccc(C#N)cc4)c3C)c3ccccc3n2)c1. The molecule has 5 aromatic rings. The van der Waals surface area contributed by atoms with Gasteiger partial charge >= 0.3 is 0 Å². The average Bonchev–Trinajstić information content (AvgIpc) is 3.19. The van der Waals surface area contributed by atoms with Crippen LogP contribution in [0, 0.1) is 25.2 Å². The Bertz CT molecular complexity index is 1660. The van der Waals surface area contributed by atoms with Crippen LogP contribution in [0.1, 0.15) is 32.9 Å². The van der Waals surface area contributed by atoms with Crippen molar-refractivity contribution in [2.45, 2.75) is 20.4 Å². The zero-order chi connectivity index (χ0) is 25.9. The zero-order valence-electron chi connectivity index (χ0n) is 20.8. The number of hydrogen-bond acceptors (Lipinski definition) is 5. The molecular weight excluding hydrogens is 462 g/mol. The third-order valence-corrected chi connectivity index (χ3v) is 6.36. The molecule has 0 saturated carbocycles. The molecule has 2 heterocycles. The van der Waals surface area contributed by atoms with Gasteiger partial charge < -0.3 is 10.1 Å². The molecule has 3 aromatic carbocycles. The van der Waals surface area contributed by atoms with Gasteiger partial charge in [-0.3, -0.25) is 9.48 Å². The summed E-state index contributed by atoms with van der Waals surface area (Å²) in [7, 11) is 1.62. The summed E-state index contributed by atoms with van der Waals surface area (Å²) in [4.78, 5) is 18.4. The summed E-state index contributed by atoms with van der Waals surface area (Å²) in [6, 6.07) is 26.6. The number of nitriles is 1. The minimum Gasteiger partial charge on any atom is -0.497 e. The number of methoxy groups -OCH3 is 1. The first kappa shape index (κ1) is 23.8. The van der Waals surface area contributed by atoms with Crippen molar-refractivity contribution in [2.24, 2.45) is 0 Å². The van der Waals surface area contributed by atoms with Gasteiger partial charge in [0.05, 0.1) is 59.1 Å². The second kappa shape index (κ2) is 9.96. The molecule has 0 fully saturated rings. The molecule has 0 aliphatic heterocycles. The van der Waals surface area contributed by atoms with Gasteiger partial charge in [-0.15, -0.1) is 0 Å². The first-order valence-electron chi connectivity index (χ1n) is 11.9. The highest BCUT2D eigenvalue weighted by Gasteiger charge is 2.19. The number of fused-ring (bicyclic) bond motifs is 1. The molecule has 1 N–H and O–H groups in total. The van der Waals surface area contributed by atoms with Crippen molar-refractivity contribution in [2.75, 3.05) is 12.4 Å². The third kappa shape index (κ3) is 4.78. The first-order chi connectivity index (χ1) is 18.0. The van der Waals surface area contributed by atoms with Gasteiger partial charge in [-0.2, -0.15) is 10.4 Å². The van der Waals surface area contributed by atoms with Crippen LogP contribution in [0.4, 0.5) is 5.69 Å². The predicted octanol–water partition coefficient (Wildman–Crippen LogP) is 5.90. The van der Waals surface area contributed by atoms with Gasteiger partial charge in [0.15, 0.2) is 0 Å². The number of aryl methyl sites for hydroxylation is 1. The Morgan fingerprint density at radius 1 is 1.03 bits per heavy atom. The molecule has 37 heavy (non-hydrogen) atoms. The van der Waals surface area contributed by atoms with E-state index in [2.05, 4.69) is 16.5 Å². The van der Waals surface area contributed by atoms with Crippen LogP contribution in [0.2, 0.25) is 0 Å². The van der Waals surface area contributed by atoms with Crippen molar-refractivity contribution in [3.63, 3.8) is 0 Å². The highest BCUT2D eigenvalue weighted by Crippen LogP contribution is 2.29. The van der Waals surface area contributed by atoms with Crippen LogP contribution in [0.25, 0.3) is 22.2 Å². The Morgan fingerprint density at radius 3 is 2.57 bits per heavy atom. The number of ether oxygens (including phenoxy) is 1. The largest absolute Gasteiger partial charge is 0.497 e. The molecule has 0 saturated heterocycles. The molecule has 0 unspecified atom stereocenters. The van der Waals surface area contributed by atoms with Crippen LogP contribution in [0.3, 0.4) is 0 Å². The number of carbonyl (C=O) groups is 1. The summed E-state index contributed by atoms with van der Waals surface area (Å²) < 4.78 is 7.23. The van der Waals surface area contributed by atoms with Gasteiger partial charge in [0.25, 0.3) is 5.91 Å². The minimum absolute atomic E-state index is 0.230. The standard InChI is InChI=1S/C30H25N5O2/c1-19-29(20(2)35(34-19)18-22-13-11-21(17-31)12-14-22)33-30(36)26-16-28(23-7-6-8-24(15-23)37-3)32-27-10-5-4-9-25(26)27/h4-16H,18H2,1-3H3,(H,33,36). The Hall–Kier alpha value is -4.96. The van der Waals surface area contributed by atoms with E-state index < -0.39 is 0 Å². The number of aromatic nitrogens is 3. The number of nitrogens with one attached hydrogen (secondary N) is 1. The van der Waals surface area contributed by atoms with E-state index in [1.54, 1.807) is 19.2 Å². The molecule has 0 atom stereocenters. The molecule has 5 rings (SSSR count). The second-order valence-corrected chi connectivity index (χ2v) is 8.77. The number of rotatable bonds is 6. The van der Waals surface area contributed by atoms with Gasteiger partial charge in [0.1, 0.15) is 5.75 Å². The molecule has 182 valence electrons. The molecule has 0 aliphatic rings. The lowest BCUT2D eigenvalue weighted by atomic mass is 10.0. The number of amides is 1. The molecule has 7 heteroatoms. The average molecular weight is 488 g/mol. The second-order valence-electron chi connectivity index (χ2n) is 8.77. The Labute approximate surface area is 215 Å². The number of anilines is 1. The smallest absolute Gasteiger partial charge is 0.256 e. The van der Waals surface area contributed by atoms with Crippen molar-refractivity contribution in [3.8, 4) is 23.1 Å². The Balaban J connectivity index is 1.49. The number of nitrogens with zero attached hydrogens (tertiary/aromatic N) is 4. The molecule has 1 amide bonds. The van der Waals surface area contributed by atoms with E-state index in [1.165, 1.54) is 0 Å². The quantitative estimate of drug-likeness (QED) is 0.322. The summed E-state index contributed by atoms with van der Waals surface area (Å²) in [6.45, 7) is 4.35. The van der Waals surface area contributed by atoms with E-state index in [0.717, 1.165) is 39.2 Å². The Kier molecular flexibility index (Phi) is 6.40. The fourth-order valence-corrected chi connectivity index (χ4v) is 4.36. The molecule has 0 radical (unpaired) electrons. The van der Waals surface area contributed by atoms with Crippen molar-refractivity contribution in [1.29, 1.82) is 5.26 Å². The third-order valence-electron chi connectivity index (χ3n) is 6.36. The molecule has 2 aromatic heterocycles. The van der Waals surface area contributed by atoms with Crippen LogP contribution >= 0.6 is 0 Å². The topological polar surface area (TPSA) is 92.8 Å². The van der Waals surface area contributed by atoms with E-state index >= 15 is 0 Å². The van der Waals surface area contributed by atoms with Gasteiger partial charge in [-0.1, -0.05) is 42.5 Å². The monoisotopic (exact) mass is 487 g/mol. The predicted molar refractivity (Wildman–Crippen MR) is 144 cm³/mol. The summed E-state index contributed by atoms with van der Waals surface area (Å²) >= 11 is 0. The van der Waals surface area contributed by atoms with E-state index in [0.29, 0.717) is 29.1 Å². The van der Waals surface area contributed by atoms with Crippen LogP contribution < -0.4 is 10.1 Å². The normalized spacial score (nSPS) is 10.8. The van der Waals surface area contributed by atoms with E-state index in [9.17, 15) is 4.79 Å². The van der Waals surface area contributed by atoms with Gasteiger partial charge in [-0.05, 0) is 55.8 Å². The van der Waals surface area contributed by atoms with Crippen LogP contribution in [-0.2, 0) is 6.54 Å². The molecule has 0 spiro atoms. The van der Waals surface area contributed by atoms with Crippen molar-refractivity contribution < 1.29 is 9.53 Å². The van der Waals surface area contributed by atoms with Crippen molar-refractivity contribution in [1.82, 2.24) is 14.8 Å². The molecular formula is C30H25N5O2. The lowest BCUT2D eigenvalue weighted by Crippen LogP contribution is -2.14. The van der Waals surface area contributed by atoms with Crippen LogP contribution in [-0.4, -0.2) is 27.8 Å². The number of benzene rings is 3. The van der Waals surface area contributed by atoms with Gasteiger partial charge in [0, 0.05) is 10.9 Å². The number of para-hydroxylation sites is 1. The molecule has 0 aliphatic carbocycles. The maximum atomic E-state index is 13.6.